The van der Waals surface area contributed by atoms with Gasteiger partial charge in [0.25, 0.3) is 5.91 Å². The third kappa shape index (κ3) is 4.84. The fraction of sp³-hybridized carbons (Fsp3) is 0.353. The van der Waals surface area contributed by atoms with E-state index in [1.165, 1.54) is 5.56 Å². The van der Waals surface area contributed by atoms with Crippen LogP contribution in [-0.2, 0) is 6.54 Å². The van der Waals surface area contributed by atoms with Gasteiger partial charge in [0.15, 0.2) is 0 Å². The molecule has 0 unspecified atom stereocenters. The predicted octanol–water partition coefficient (Wildman–Crippen LogP) is 2.93. The molecule has 1 aromatic carbocycles. The molecular weight excluding hydrogens is 276 g/mol. The van der Waals surface area contributed by atoms with Gasteiger partial charge in [-0.1, -0.05) is 43.2 Å². The third-order valence-electron chi connectivity index (χ3n) is 3.30. The molecule has 0 saturated heterocycles. The van der Waals surface area contributed by atoms with E-state index in [9.17, 15) is 4.79 Å². The Labute approximate surface area is 131 Å². The second-order valence-corrected chi connectivity index (χ2v) is 5.24. The minimum Gasteiger partial charge on any atom is -0.354 e. The lowest BCUT2D eigenvalue weighted by Crippen LogP contribution is -2.23. The summed E-state index contributed by atoms with van der Waals surface area (Å²) in [6.45, 7) is 5.50. The molecule has 1 aromatic heterocycles. The Morgan fingerprint density at radius 1 is 1.14 bits per heavy atom. The number of carbonyl (C=O) groups is 1. The molecule has 0 radical (unpaired) electrons. The maximum atomic E-state index is 12.0. The summed E-state index contributed by atoms with van der Waals surface area (Å²) in [6, 6.07) is 8.07. The Kier molecular flexibility index (Phi) is 5.89. The summed E-state index contributed by atoms with van der Waals surface area (Å²) in [4.78, 5) is 20.4. The van der Waals surface area contributed by atoms with E-state index < -0.39 is 0 Å². The van der Waals surface area contributed by atoms with Gasteiger partial charge in [-0.05, 0) is 18.9 Å². The largest absolute Gasteiger partial charge is 0.354 e. The molecule has 2 rings (SSSR count). The Morgan fingerprint density at radius 2 is 1.82 bits per heavy atom. The lowest BCUT2D eigenvalue weighted by atomic mass is 10.1. The maximum Gasteiger partial charge on any atom is 0.254 e. The molecule has 2 aromatic rings. The van der Waals surface area contributed by atoms with Gasteiger partial charge in [0, 0.05) is 25.5 Å². The first-order valence-corrected chi connectivity index (χ1v) is 7.58. The van der Waals surface area contributed by atoms with Crippen LogP contribution in [0.25, 0.3) is 0 Å². The van der Waals surface area contributed by atoms with Gasteiger partial charge < -0.3 is 10.6 Å². The first kappa shape index (κ1) is 15.9. The fourth-order valence-corrected chi connectivity index (χ4v) is 1.90. The van der Waals surface area contributed by atoms with Gasteiger partial charge >= 0.3 is 0 Å². The number of unbranched alkanes of at least 4 members (excludes halogenated alkanes) is 1. The van der Waals surface area contributed by atoms with Crippen LogP contribution in [0, 0.1) is 6.92 Å². The molecule has 5 nitrogen and oxygen atoms in total. The fourth-order valence-electron chi connectivity index (χ4n) is 1.90. The Bertz CT molecular complexity index is 593. The summed E-state index contributed by atoms with van der Waals surface area (Å²) in [5.41, 5.74) is 2.74. The molecule has 0 bridgehead atoms. The van der Waals surface area contributed by atoms with Crippen molar-refractivity contribution in [2.75, 3.05) is 11.9 Å². The number of hydrogen-bond donors (Lipinski definition) is 2. The molecule has 0 fully saturated rings. The number of anilines is 1. The number of nitrogens with zero attached hydrogens (tertiary/aromatic N) is 2. The molecule has 0 spiro atoms. The van der Waals surface area contributed by atoms with Crippen LogP contribution >= 0.6 is 0 Å². The number of carbonyl (C=O) groups excluding carboxylic acids is 1. The van der Waals surface area contributed by atoms with Gasteiger partial charge in [-0.3, -0.25) is 4.79 Å². The molecule has 0 atom stereocenters. The number of amides is 1. The second-order valence-electron chi connectivity index (χ2n) is 5.24. The van der Waals surface area contributed by atoms with E-state index in [0.717, 1.165) is 24.9 Å². The molecule has 1 amide bonds. The van der Waals surface area contributed by atoms with Crippen molar-refractivity contribution in [2.24, 2.45) is 0 Å². The Morgan fingerprint density at radius 3 is 2.45 bits per heavy atom. The van der Waals surface area contributed by atoms with Crippen LogP contribution in [-0.4, -0.2) is 22.4 Å². The number of rotatable bonds is 7. The standard InChI is InChI=1S/C17H22N4O/c1-3-4-9-18-17-20-11-15(12-21-17)16(22)19-10-14-7-5-13(2)6-8-14/h5-8,11-12H,3-4,9-10H2,1-2H3,(H,19,22)(H,18,20,21). The van der Waals surface area contributed by atoms with Gasteiger partial charge in [-0.15, -0.1) is 0 Å². The summed E-state index contributed by atoms with van der Waals surface area (Å²) in [5.74, 6) is 0.393. The third-order valence-corrected chi connectivity index (χ3v) is 3.30. The van der Waals surface area contributed by atoms with Crippen molar-refractivity contribution in [3.63, 3.8) is 0 Å². The summed E-state index contributed by atoms with van der Waals surface area (Å²) < 4.78 is 0. The Hall–Kier alpha value is -2.43. The van der Waals surface area contributed by atoms with Crippen molar-refractivity contribution in [3.8, 4) is 0 Å². The second kappa shape index (κ2) is 8.12. The minimum absolute atomic E-state index is 0.166. The van der Waals surface area contributed by atoms with Gasteiger partial charge in [0.05, 0.1) is 5.56 Å². The van der Waals surface area contributed by atoms with E-state index in [1.807, 2.05) is 31.2 Å². The number of benzene rings is 1. The summed E-state index contributed by atoms with van der Waals surface area (Å²) >= 11 is 0. The average molecular weight is 298 g/mol. The summed E-state index contributed by atoms with van der Waals surface area (Å²) in [5, 5.41) is 5.99. The van der Waals surface area contributed by atoms with Crippen molar-refractivity contribution < 1.29 is 4.79 Å². The minimum atomic E-state index is -0.166. The van der Waals surface area contributed by atoms with E-state index in [4.69, 9.17) is 0 Å². The molecular formula is C17H22N4O. The van der Waals surface area contributed by atoms with Gasteiger partial charge in [0.2, 0.25) is 5.95 Å². The van der Waals surface area contributed by atoms with Crippen molar-refractivity contribution in [1.82, 2.24) is 15.3 Å². The topological polar surface area (TPSA) is 66.9 Å². The highest BCUT2D eigenvalue weighted by molar-refractivity contribution is 5.93. The van der Waals surface area contributed by atoms with Crippen LogP contribution in [0.15, 0.2) is 36.7 Å². The molecule has 0 aliphatic carbocycles. The monoisotopic (exact) mass is 298 g/mol. The Balaban J connectivity index is 1.85. The van der Waals surface area contributed by atoms with Crippen LogP contribution in [0.5, 0.6) is 0 Å². The summed E-state index contributed by atoms with van der Waals surface area (Å²) in [6.07, 6.45) is 5.28. The molecule has 2 N–H and O–H groups in total. The average Bonchev–Trinajstić information content (AvgIpc) is 2.55. The van der Waals surface area contributed by atoms with Crippen molar-refractivity contribution in [3.05, 3.63) is 53.3 Å². The number of nitrogens with one attached hydrogen (secondary N) is 2. The van der Waals surface area contributed by atoms with Gasteiger partial charge in [-0.25, -0.2) is 9.97 Å². The molecule has 5 heteroatoms. The zero-order chi connectivity index (χ0) is 15.8. The number of aryl methyl sites for hydroxylation is 1. The zero-order valence-corrected chi connectivity index (χ0v) is 13.1. The van der Waals surface area contributed by atoms with Crippen LogP contribution in [0.3, 0.4) is 0 Å². The van der Waals surface area contributed by atoms with Gasteiger partial charge in [0.1, 0.15) is 0 Å². The lowest BCUT2D eigenvalue weighted by Gasteiger charge is -2.07. The SMILES string of the molecule is CCCCNc1ncc(C(=O)NCc2ccc(C)cc2)cn1. The first-order valence-electron chi connectivity index (χ1n) is 7.58. The van der Waals surface area contributed by atoms with E-state index in [2.05, 4.69) is 27.5 Å². The highest BCUT2D eigenvalue weighted by Crippen LogP contribution is 2.04. The van der Waals surface area contributed by atoms with E-state index >= 15 is 0 Å². The smallest absolute Gasteiger partial charge is 0.254 e. The summed E-state index contributed by atoms with van der Waals surface area (Å²) in [7, 11) is 0. The predicted molar refractivity (Wildman–Crippen MR) is 87.8 cm³/mol. The first-order chi connectivity index (χ1) is 10.7. The zero-order valence-electron chi connectivity index (χ0n) is 13.1. The van der Waals surface area contributed by atoms with Crippen LogP contribution in [0.4, 0.5) is 5.95 Å². The quantitative estimate of drug-likeness (QED) is 0.771. The van der Waals surface area contributed by atoms with E-state index in [0.29, 0.717) is 18.1 Å². The number of aromatic nitrogens is 2. The molecule has 0 aliphatic rings. The van der Waals surface area contributed by atoms with Crippen molar-refractivity contribution >= 4 is 11.9 Å². The lowest BCUT2D eigenvalue weighted by molar-refractivity contribution is 0.0950. The van der Waals surface area contributed by atoms with Crippen molar-refractivity contribution in [1.29, 1.82) is 0 Å². The van der Waals surface area contributed by atoms with Crippen LogP contribution in [0.2, 0.25) is 0 Å². The molecule has 0 saturated carbocycles. The van der Waals surface area contributed by atoms with Crippen molar-refractivity contribution in [2.45, 2.75) is 33.2 Å². The number of hydrogen-bond acceptors (Lipinski definition) is 4. The highest BCUT2D eigenvalue weighted by atomic mass is 16.1. The maximum absolute atomic E-state index is 12.0. The van der Waals surface area contributed by atoms with Crippen LogP contribution in [0.1, 0.15) is 41.3 Å². The normalized spacial score (nSPS) is 10.3. The van der Waals surface area contributed by atoms with E-state index in [1.54, 1.807) is 12.4 Å². The molecule has 116 valence electrons. The molecule has 1 heterocycles. The molecule has 0 aliphatic heterocycles. The molecule has 22 heavy (non-hydrogen) atoms. The van der Waals surface area contributed by atoms with Gasteiger partial charge in [-0.2, -0.15) is 0 Å². The van der Waals surface area contributed by atoms with E-state index in [-0.39, 0.29) is 5.91 Å². The highest BCUT2D eigenvalue weighted by Gasteiger charge is 2.06. The van der Waals surface area contributed by atoms with Crippen LogP contribution < -0.4 is 10.6 Å².